The van der Waals surface area contributed by atoms with Crippen molar-refractivity contribution in [2.75, 3.05) is 0 Å². The molecule has 0 spiro atoms. The molecule has 0 saturated heterocycles. The van der Waals surface area contributed by atoms with E-state index in [1.165, 1.54) is 41.2 Å². The molecule has 0 amide bonds. The molecule has 0 N–H and O–H groups in total. The van der Waals surface area contributed by atoms with Crippen molar-refractivity contribution in [2.24, 2.45) is 35.5 Å². The van der Waals surface area contributed by atoms with Crippen molar-refractivity contribution in [1.29, 1.82) is 0 Å². The van der Waals surface area contributed by atoms with Gasteiger partial charge in [0.1, 0.15) is 0 Å². The summed E-state index contributed by atoms with van der Waals surface area (Å²) < 4.78 is 0. The maximum Gasteiger partial charge on any atom is -0.00790 e. The van der Waals surface area contributed by atoms with Crippen LogP contribution < -0.4 is 0 Å². The molecule has 0 aromatic carbocycles. The molecule has 9 rings (SSSR count). The van der Waals surface area contributed by atoms with Crippen molar-refractivity contribution >= 4 is 7.92 Å². The lowest BCUT2D eigenvalue weighted by Crippen LogP contribution is -2.57. The van der Waals surface area contributed by atoms with Gasteiger partial charge < -0.3 is 0 Å². The zero-order valence-corrected chi connectivity index (χ0v) is 16.3. The van der Waals surface area contributed by atoms with E-state index in [1.807, 2.05) is 0 Å². The first-order chi connectivity index (χ1) is 11.7. The lowest BCUT2D eigenvalue weighted by molar-refractivity contribution is 0.0184. The maximum absolute atomic E-state index is 1.71. The quantitative estimate of drug-likeness (QED) is 0.509. The standard InChI is InChI=1S/C23H35P/c1-2-21(1)24(22-9-15-3-16(10-22)5-17(4-15)11-22)23-12-18-6-19(13-23)8-20(7-18)14-23/h15-21H,1-14H2. The molecular weight excluding hydrogens is 307 g/mol. The molecule has 0 atom stereocenters. The third-order valence-electron chi connectivity index (χ3n) is 9.95. The lowest BCUT2D eigenvalue weighted by atomic mass is 9.55. The van der Waals surface area contributed by atoms with Crippen LogP contribution in [0.15, 0.2) is 0 Å². The molecule has 9 fully saturated rings. The predicted molar refractivity (Wildman–Crippen MR) is 102 cm³/mol. The summed E-state index contributed by atoms with van der Waals surface area (Å²) in [5, 5.41) is 1.83. The molecule has 0 aromatic heterocycles. The lowest BCUT2D eigenvalue weighted by Gasteiger charge is -2.68. The second-order valence-electron chi connectivity index (χ2n) is 11.9. The second-order valence-corrected chi connectivity index (χ2v) is 15.3. The van der Waals surface area contributed by atoms with E-state index in [0.717, 1.165) is 10.3 Å². The molecular formula is C23H35P. The zero-order chi connectivity index (χ0) is 15.5. The van der Waals surface area contributed by atoms with Gasteiger partial charge in [-0.15, -0.1) is 0 Å². The molecule has 9 aliphatic carbocycles. The van der Waals surface area contributed by atoms with Crippen LogP contribution in [0.2, 0.25) is 0 Å². The van der Waals surface area contributed by atoms with Crippen LogP contribution in [0.3, 0.4) is 0 Å². The smallest absolute Gasteiger partial charge is 0.00790 e. The fourth-order valence-corrected chi connectivity index (χ4v) is 16.3. The normalized spacial score (nSPS) is 61.5. The van der Waals surface area contributed by atoms with Crippen LogP contribution in [0.1, 0.15) is 89.9 Å². The highest BCUT2D eigenvalue weighted by Gasteiger charge is 2.65. The highest BCUT2D eigenvalue weighted by atomic mass is 31.1. The molecule has 24 heavy (non-hydrogen) atoms. The van der Waals surface area contributed by atoms with Gasteiger partial charge >= 0.3 is 0 Å². The summed E-state index contributed by atoms with van der Waals surface area (Å²) in [5.41, 5.74) is 1.24. The van der Waals surface area contributed by atoms with Crippen LogP contribution >= 0.6 is 7.92 Å². The van der Waals surface area contributed by atoms with E-state index in [2.05, 4.69) is 0 Å². The molecule has 0 heterocycles. The van der Waals surface area contributed by atoms with Gasteiger partial charge in [0, 0.05) is 0 Å². The molecule has 9 saturated carbocycles. The summed E-state index contributed by atoms with van der Waals surface area (Å²) in [6.07, 6.45) is 23.4. The highest BCUT2D eigenvalue weighted by molar-refractivity contribution is 7.62. The summed E-state index contributed by atoms with van der Waals surface area (Å²) in [4.78, 5) is 0. The van der Waals surface area contributed by atoms with E-state index in [4.69, 9.17) is 0 Å². The second kappa shape index (κ2) is 4.64. The van der Waals surface area contributed by atoms with Crippen LogP contribution in [0.25, 0.3) is 0 Å². The third kappa shape index (κ3) is 1.91. The summed E-state index contributed by atoms with van der Waals surface area (Å²) in [6, 6.07) is 0. The minimum atomic E-state index is 0.343. The van der Waals surface area contributed by atoms with Crippen molar-refractivity contribution in [3.05, 3.63) is 0 Å². The molecule has 0 radical (unpaired) electrons. The predicted octanol–water partition coefficient (Wildman–Crippen LogP) is 6.57. The Hall–Kier alpha value is 0.430. The number of hydrogen-bond acceptors (Lipinski definition) is 0. The average Bonchev–Trinajstić information content (AvgIpc) is 3.28. The summed E-state index contributed by atoms with van der Waals surface area (Å²) >= 11 is 0. The minimum Gasteiger partial charge on any atom is -0.0907 e. The number of hydrogen-bond donors (Lipinski definition) is 0. The van der Waals surface area contributed by atoms with Crippen LogP contribution in [-0.2, 0) is 0 Å². The Balaban J connectivity index is 1.31. The zero-order valence-electron chi connectivity index (χ0n) is 15.4. The maximum atomic E-state index is 1.71. The largest absolute Gasteiger partial charge is 0.0907 e. The van der Waals surface area contributed by atoms with Gasteiger partial charge in [-0.25, -0.2) is 0 Å². The van der Waals surface area contributed by atoms with E-state index in [9.17, 15) is 0 Å². The van der Waals surface area contributed by atoms with E-state index < -0.39 is 0 Å². The van der Waals surface area contributed by atoms with Gasteiger partial charge in [-0.1, -0.05) is 7.92 Å². The van der Waals surface area contributed by atoms with Crippen LogP contribution in [-0.4, -0.2) is 16.0 Å². The average molecular weight is 343 g/mol. The van der Waals surface area contributed by atoms with Crippen LogP contribution in [0, 0.1) is 35.5 Å². The van der Waals surface area contributed by atoms with Crippen LogP contribution in [0.5, 0.6) is 0 Å². The molecule has 0 aromatic rings. The van der Waals surface area contributed by atoms with Crippen molar-refractivity contribution in [2.45, 2.75) is 106 Å². The molecule has 0 aliphatic heterocycles. The Labute approximate surface area is 149 Å². The highest BCUT2D eigenvalue weighted by Crippen LogP contribution is 2.82. The van der Waals surface area contributed by atoms with E-state index in [0.29, 0.717) is 7.92 Å². The Morgan fingerprint density at radius 1 is 0.458 bits per heavy atom. The van der Waals surface area contributed by atoms with Crippen molar-refractivity contribution in [1.82, 2.24) is 0 Å². The third-order valence-corrected chi connectivity index (χ3v) is 14.3. The van der Waals surface area contributed by atoms with Crippen molar-refractivity contribution < 1.29 is 0 Å². The van der Waals surface area contributed by atoms with Crippen molar-refractivity contribution in [3.63, 3.8) is 0 Å². The van der Waals surface area contributed by atoms with Gasteiger partial charge in [0.15, 0.2) is 0 Å². The van der Waals surface area contributed by atoms with Crippen LogP contribution in [0.4, 0.5) is 0 Å². The van der Waals surface area contributed by atoms with Gasteiger partial charge in [-0.3, -0.25) is 0 Å². The minimum absolute atomic E-state index is 0.343. The van der Waals surface area contributed by atoms with Gasteiger partial charge in [-0.05, 0) is 141 Å². The topological polar surface area (TPSA) is 0 Å². The number of rotatable bonds is 3. The Morgan fingerprint density at radius 2 is 0.750 bits per heavy atom. The molecule has 8 bridgehead atoms. The summed E-state index contributed by atoms with van der Waals surface area (Å²) in [5.74, 6) is 7.05. The Bertz CT molecular complexity index is 444. The first-order valence-electron chi connectivity index (χ1n) is 11.5. The molecule has 0 unspecified atom stereocenters. The Kier molecular flexibility index (Phi) is 2.80. The van der Waals surface area contributed by atoms with Gasteiger partial charge in [0.2, 0.25) is 0 Å². The van der Waals surface area contributed by atoms with Gasteiger partial charge in [0.25, 0.3) is 0 Å². The molecule has 1 heteroatoms. The first kappa shape index (κ1) is 14.5. The molecule has 0 nitrogen and oxygen atoms in total. The molecule has 132 valence electrons. The van der Waals surface area contributed by atoms with E-state index in [-0.39, 0.29) is 0 Å². The van der Waals surface area contributed by atoms with Crippen molar-refractivity contribution in [3.8, 4) is 0 Å². The fourth-order valence-electron chi connectivity index (χ4n) is 10.3. The Morgan fingerprint density at radius 3 is 1.00 bits per heavy atom. The van der Waals surface area contributed by atoms with Gasteiger partial charge in [-0.2, -0.15) is 0 Å². The summed E-state index contributed by atoms with van der Waals surface area (Å²) in [6.45, 7) is 0. The van der Waals surface area contributed by atoms with E-state index >= 15 is 0 Å². The van der Waals surface area contributed by atoms with Gasteiger partial charge in [0.05, 0.1) is 0 Å². The fraction of sp³-hybridized carbons (Fsp3) is 1.00. The monoisotopic (exact) mass is 342 g/mol. The first-order valence-corrected chi connectivity index (χ1v) is 12.9. The van der Waals surface area contributed by atoms with E-state index in [1.54, 1.807) is 89.9 Å². The molecule has 9 aliphatic rings. The SMILES string of the molecule is C1C2CC3CC1CC(P(C1CC1)C14CC5CC(CC(C5)C1)C4)(C2)C3. The summed E-state index contributed by atoms with van der Waals surface area (Å²) in [7, 11) is 0.343.